The van der Waals surface area contributed by atoms with Crippen molar-refractivity contribution >= 4 is 11.9 Å². The van der Waals surface area contributed by atoms with Gasteiger partial charge in [0.2, 0.25) is 5.90 Å². The second kappa shape index (κ2) is 9.19. The van der Waals surface area contributed by atoms with Gasteiger partial charge < -0.3 is 19.0 Å². The number of carbonyl (C=O) groups is 1. The molecule has 33 heavy (non-hydrogen) atoms. The molecule has 1 aromatic heterocycles. The van der Waals surface area contributed by atoms with Crippen molar-refractivity contribution in [1.29, 1.82) is 0 Å². The van der Waals surface area contributed by atoms with Gasteiger partial charge in [-0.25, -0.2) is 4.79 Å². The predicted octanol–water partition coefficient (Wildman–Crippen LogP) is 5.29. The average Bonchev–Trinajstić information content (AvgIpc) is 3.27. The molecular weight excluding hydrogens is 441 g/mol. The molecule has 0 amide bonds. The van der Waals surface area contributed by atoms with E-state index >= 15 is 0 Å². The Morgan fingerprint density at radius 3 is 2.48 bits per heavy atom. The quantitative estimate of drug-likeness (QED) is 0.484. The third-order valence-corrected chi connectivity index (χ3v) is 4.68. The number of pyridine rings is 1. The zero-order chi connectivity index (χ0) is 23.4. The van der Waals surface area contributed by atoms with E-state index in [1.807, 2.05) is 6.07 Å². The summed E-state index contributed by atoms with van der Waals surface area (Å²) in [4.78, 5) is 21.4. The monoisotopic (exact) mass is 458 g/mol. The molecule has 0 spiro atoms. The highest BCUT2D eigenvalue weighted by molar-refractivity contribution is 5.90. The van der Waals surface area contributed by atoms with E-state index < -0.39 is 18.4 Å². The number of methoxy groups -OCH3 is 1. The van der Waals surface area contributed by atoms with Crippen molar-refractivity contribution in [3.8, 4) is 22.8 Å². The molecule has 1 aliphatic rings. The first-order chi connectivity index (χ1) is 15.8. The van der Waals surface area contributed by atoms with E-state index in [0.717, 1.165) is 5.56 Å². The number of benzene rings is 2. The molecule has 0 bridgehead atoms. The molecule has 170 valence electrons. The summed E-state index contributed by atoms with van der Waals surface area (Å²) in [6.45, 7) is 0. The lowest BCUT2D eigenvalue weighted by molar-refractivity contribution is -0.274. The molecule has 1 aliphatic heterocycles. The maximum Gasteiger partial charge on any atom is 0.573 e. The minimum Gasteiger partial charge on any atom is -0.465 e. The summed E-state index contributed by atoms with van der Waals surface area (Å²) in [5.74, 6) is -0.0179. The van der Waals surface area contributed by atoms with Crippen LogP contribution in [0.25, 0.3) is 11.3 Å². The average molecular weight is 458 g/mol. The Balaban J connectivity index is 1.36. The zero-order valence-electron chi connectivity index (χ0n) is 17.2. The van der Waals surface area contributed by atoms with Gasteiger partial charge in [-0.1, -0.05) is 29.4 Å². The Hall–Kier alpha value is -4.08. The number of ether oxygens (including phenoxy) is 3. The Kier molecular flexibility index (Phi) is 6.16. The van der Waals surface area contributed by atoms with Crippen molar-refractivity contribution in [1.82, 2.24) is 4.98 Å². The van der Waals surface area contributed by atoms with Crippen LogP contribution in [0.15, 0.2) is 72.0 Å². The topological polar surface area (TPSA) is 79.2 Å². The zero-order valence-corrected chi connectivity index (χ0v) is 17.2. The van der Waals surface area contributed by atoms with Gasteiger partial charge in [0, 0.05) is 5.56 Å². The fourth-order valence-corrected chi connectivity index (χ4v) is 3.15. The lowest BCUT2D eigenvalue weighted by atomic mass is 10.1. The Morgan fingerprint density at radius 1 is 1.06 bits per heavy atom. The molecule has 7 nitrogen and oxygen atoms in total. The second-order valence-electron chi connectivity index (χ2n) is 6.95. The van der Waals surface area contributed by atoms with Gasteiger partial charge in [0.1, 0.15) is 11.5 Å². The number of hydrogen-bond acceptors (Lipinski definition) is 7. The van der Waals surface area contributed by atoms with E-state index in [1.165, 1.54) is 37.6 Å². The molecule has 0 N–H and O–H groups in total. The van der Waals surface area contributed by atoms with Gasteiger partial charge in [0.15, 0.2) is 6.10 Å². The summed E-state index contributed by atoms with van der Waals surface area (Å²) in [6.07, 6.45) is -3.43. The summed E-state index contributed by atoms with van der Waals surface area (Å²) in [5, 5.41) is 3.90. The number of oxime groups is 1. The minimum absolute atomic E-state index is 0.294. The van der Waals surface area contributed by atoms with Gasteiger partial charge in [0.05, 0.1) is 31.0 Å². The van der Waals surface area contributed by atoms with Crippen LogP contribution in [0.5, 0.6) is 11.5 Å². The van der Waals surface area contributed by atoms with Crippen molar-refractivity contribution in [2.75, 3.05) is 7.11 Å². The molecule has 2 aromatic carbocycles. The first-order valence-electron chi connectivity index (χ1n) is 9.72. The highest BCUT2D eigenvalue weighted by atomic mass is 19.4. The molecule has 0 radical (unpaired) electrons. The molecule has 0 saturated heterocycles. The van der Waals surface area contributed by atoms with Crippen LogP contribution in [-0.4, -0.2) is 30.3 Å². The van der Waals surface area contributed by atoms with Crippen LogP contribution in [0.1, 0.15) is 28.4 Å². The number of halogens is 3. The predicted molar refractivity (Wildman–Crippen MR) is 111 cm³/mol. The first kappa shape index (κ1) is 22.1. The van der Waals surface area contributed by atoms with Crippen molar-refractivity contribution in [2.24, 2.45) is 5.16 Å². The third kappa shape index (κ3) is 5.59. The van der Waals surface area contributed by atoms with Gasteiger partial charge in [-0.3, -0.25) is 4.98 Å². The number of rotatable bonds is 5. The number of esters is 1. The van der Waals surface area contributed by atoms with Crippen molar-refractivity contribution in [2.45, 2.75) is 18.9 Å². The summed E-state index contributed by atoms with van der Waals surface area (Å²) in [5.41, 5.74) is 2.42. The SMILES string of the molecule is COC(=O)c1cccc(-c2ccc(OC3=NO[C@H](c4ccc(OC(F)(F)F)cc4)C3)cn2)c1. The summed E-state index contributed by atoms with van der Waals surface area (Å²) in [7, 11) is 1.32. The fourth-order valence-electron chi connectivity index (χ4n) is 3.15. The highest BCUT2D eigenvalue weighted by Crippen LogP contribution is 2.31. The molecule has 0 aliphatic carbocycles. The number of hydrogen-bond donors (Lipinski definition) is 0. The number of carbonyl (C=O) groups excluding carboxylic acids is 1. The van der Waals surface area contributed by atoms with Crippen molar-refractivity contribution in [3.63, 3.8) is 0 Å². The molecule has 1 atom stereocenters. The van der Waals surface area contributed by atoms with Crippen molar-refractivity contribution in [3.05, 3.63) is 78.0 Å². The molecule has 3 aromatic rings. The van der Waals surface area contributed by atoms with E-state index in [0.29, 0.717) is 34.9 Å². The van der Waals surface area contributed by atoms with Gasteiger partial charge in [-0.05, 0) is 42.0 Å². The van der Waals surface area contributed by atoms with Gasteiger partial charge >= 0.3 is 12.3 Å². The van der Waals surface area contributed by atoms with Crippen LogP contribution < -0.4 is 9.47 Å². The Labute approximate surface area is 186 Å². The number of aromatic nitrogens is 1. The number of nitrogens with zero attached hydrogens (tertiary/aromatic N) is 2. The maximum atomic E-state index is 12.3. The maximum absolute atomic E-state index is 12.3. The molecular formula is C23H17F3N2O5. The van der Waals surface area contributed by atoms with Crippen molar-refractivity contribution < 1.29 is 37.0 Å². The normalized spacial score (nSPS) is 15.4. The summed E-state index contributed by atoms with van der Waals surface area (Å²) >= 11 is 0. The lowest BCUT2D eigenvalue weighted by Crippen LogP contribution is -2.17. The minimum atomic E-state index is -4.75. The molecule has 10 heteroatoms. The standard InChI is InChI=1S/C23H17F3N2O5/c1-30-22(29)16-4-2-3-15(11-16)19-10-9-18(13-27-19)31-21-12-20(33-28-21)14-5-7-17(8-6-14)32-23(24,25)26/h2-11,13,20H,12H2,1H3/t20-/m0/s1. The van der Waals surface area contributed by atoms with Gasteiger partial charge in [-0.2, -0.15) is 0 Å². The van der Waals surface area contributed by atoms with Crippen LogP contribution in [0.2, 0.25) is 0 Å². The van der Waals surface area contributed by atoms with Crippen LogP contribution in [-0.2, 0) is 9.57 Å². The second-order valence-corrected chi connectivity index (χ2v) is 6.95. The van der Waals surface area contributed by atoms with Crippen LogP contribution in [0.3, 0.4) is 0 Å². The van der Waals surface area contributed by atoms with Crippen LogP contribution in [0, 0.1) is 0 Å². The van der Waals surface area contributed by atoms with E-state index in [9.17, 15) is 18.0 Å². The van der Waals surface area contributed by atoms with E-state index in [-0.39, 0.29) is 5.75 Å². The third-order valence-electron chi connectivity index (χ3n) is 4.68. The van der Waals surface area contributed by atoms with Crippen LogP contribution >= 0.6 is 0 Å². The van der Waals surface area contributed by atoms with E-state index in [4.69, 9.17) is 14.3 Å². The van der Waals surface area contributed by atoms with E-state index in [2.05, 4.69) is 14.9 Å². The Bertz CT molecular complexity index is 1160. The Morgan fingerprint density at radius 2 is 1.82 bits per heavy atom. The first-order valence-corrected chi connectivity index (χ1v) is 9.72. The molecule has 4 rings (SSSR count). The molecule has 0 fully saturated rings. The largest absolute Gasteiger partial charge is 0.573 e. The fraction of sp³-hybridized carbons (Fsp3) is 0.174. The summed E-state index contributed by atoms with van der Waals surface area (Å²) in [6, 6.07) is 15.7. The highest BCUT2D eigenvalue weighted by Gasteiger charge is 2.31. The van der Waals surface area contributed by atoms with E-state index in [1.54, 1.807) is 30.3 Å². The van der Waals surface area contributed by atoms with Crippen LogP contribution in [0.4, 0.5) is 13.2 Å². The molecule has 0 unspecified atom stereocenters. The molecule has 2 heterocycles. The molecule has 0 saturated carbocycles. The number of alkyl halides is 3. The summed E-state index contributed by atoms with van der Waals surface area (Å²) < 4.78 is 51.1. The van der Waals surface area contributed by atoms with Gasteiger partial charge in [-0.15, -0.1) is 13.2 Å². The lowest BCUT2D eigenvalue weighted by Gasteiger charge is -2.11. The smallest absolute Gasteiger partial charge is 0.465 e. The van der Waals surface area contributed by atoms with Gasteiger partial charge in [0.25, 0.3) is 0 Å².